The van der Waals surface area contributed by atoms with Gasteiger partial charge in [-0.15, -0.1) is 10.2 Å². The molecule has 2 heterocycles. The average Bonchev–Trinajstić information content (AvgIpc) is 3.18. The third-order valence-corrected chi connectivity index (χ3v) is 5.23. The number of anilines is 1. The molecule has 2 aromatic carbocycles. The van der Waals surface area contributed by atoms with Gasteiger partial charge < -0.3 is 5.32 Å². The standard InChI is InChI=1S/C21H16ClN5OS/c22-16-6-8-18(9-7-16)27-20(15-10-12-23-13-11-15)25-26-21(27)29-14-19(28)24-17-4-2-1-3-5-17/h1-13H,14H2,(H,24,28). The quantitative estimate of drug-likeness (QED) is 0.456. The lowest BCUT2D eigenvalue weighted by Gasteiger charge is -2.10. The monoisotopic (exact) mass is 421 g/mol. The molecule has 1 N–H and O–H groups in total. The molecule has 144 valence electrons. The van der Waals surface area contributed by atoms with Crippen molar-refractivity contribution in [3.05, 3.63) is 84.1 Å². The Hall–Kier alpha value is -3.16. The smallest absolute Gasteiger partial charge is 0.234 e. The maximum Gasteiger partial charge on any atom is 0.234 e. The second-order valence-electron chi connectivity index (χ2n) is 6.06. The first-order chi connectivity index (χ1) is 14.2. The van der Waals surface area contributed by atoms with Crippen molar-refractivity contribution in [1.82, 2.24) is 19.7 Å². The van der Waals surface area contributed by atoms with Crippen LogP contribution in [0.4, 0.5) is 5.69 Å². The Balaban J connectivity index is 1.60. The summed E-state index contributed by atoms with van der Waals surface area (Å²) in [5.74, 6) is 0.759. The topological polar surface area (TPSA) is 72.7 Å². The number of amides is 1. The molecule has 4 aromatic rings. The van der Waals surface area contributed by atoms with Gasteiger partial charge >= 0.3 is 0 Å². The van der Waals surface area contributed by atoms with E-state index in [4.69, 9.17) is 11.6 Å². The third-order valence-electron chi connectivity index (χ3n) is 4.05. The van der Waals surface area contributed by atoms with Crippen molar-refractivity contribution < 1.29 is 4.79 Å². The second-order valence-corrected chi connectivity index (χ2v) is 7.44. The van der Waals surface area contributed by atoms with Gasteiger partial charge in [0.05, 0.1) is 5.75 Å². The van der Waals surface area contributed by atoms with Crippen LogP contribution in [0, 0.1) is 0 Å². The van der Waals surface area contributed by atoms with E-state index in [1.165, 1.54) is 11.8 Å². The van der Waals surface area contributed by atoms with E-state index in [1.807, 2.05) is 71.3 Å². The van der Waals surface area contributed by atoms with Gasteiger partial charge in [-0.2, -0.15) is 0 Å². The first-order valence-corrected chi connectivity index (χ1v) is 10.2. The van der Waals surface area contributed by atoms with Crippen LogP contribution >= 0.6 is 23.4 Å². The molecule has 1 amide bonds. The van der Waals surface area contributed by atoms with Crippen LogP contribution in [0.5, 0.6) is 0 Å². The number of para-hydroxylation sites is 1. The lowest BCUT2D eigenvalue weighted by atomic mass is 10.2. The molecule has 0 atom stereocenters. The number of hydrogen-bond acceptors (Lipinski definition) is 5. The fourth-order valence-corrected chi connectivity index (χ4v) is 3.60. The van der Waals surface area contributed by atoms with Crippen molar-refractivity contribution in [2.75, 3.05) is 11.1 Å². The molecule has 2 aromatic heterocycles. The maximum atomic E-state index is 12.3. The molecular formula is C21H16ClN5OS. The second kappa shape index (κ2) is 8.89. The van der Waals surface area contributed by atoms with Gasteiger partial charge in [-0.25, -0.2) is 0 Å². The zero-order chi connectivity index (χ0) is 20.1. The summed E-state index contributed by atoms with van der Waals surface area (Å²) in [7, 11) is 0. The highest BCUT2D eigenvalue weighted by molar-refractivity contribution is 7.99. The van der Waals surface area contributed by atoms with Gasteiger partial charge in [-0.3, -0.25) is 14.3 Å². The molecule has 0 aliphatic heterocycles. The van der Waals surface area contributed by atoms with Crippen LogP contribution in [0.2, 0.25) is 5.02 Å². The van der Waals surface area contributed by atoms with Gasteiger partial charge in [0.1, 0.15) is 0 Å². The van der Waals surface area contributed by atoms with Crippen molar-refractivity contribution in [2.45, 2.75) is 5.16 Å². The fraction of sp³-hybridized carbons (Fsp3) is 0.0476. The van der Waals surface area contributed by atoms with Crippen molar-refractivity contribution in [1.29, 1.82) is 0 Å². The SMILES string of the molecule is O=C(CSc1nnc(-c2ccncc2)n1-c1ccc(Cl)cc1)Nc1ccccc1. The number of nitrogens with zero attached hydrogens (tertiary/aromatic N) is 4. The van der Waals surface area contributed by atoms with Crippen LogP contribution in [0.3, 0.4) is 0 Å². The molecule has 0 aliphatic carbocycles. The predicted octanol–water partition coefficient (Wildman–Crippen LogP) is 4.71. The van der Waals surface area contributed by atoms with Crippen LogP contribution in [0.25, 0.3) is 17.1 Å². The van der Waals surface area contributed by atoms with Crippen molar-refractivity contribution in [3.8, 4) is 17.1 Å². The van der Waals surface area contributed by atoms with Crippen LogP contribution in [-0.4, -0.2) is 31.4 Å². The van der Waals surface area contributed by atoms with Crippen molar-refractivity contribution >= 4 is 35.0 Å². The highest BCUT2D eigenvalue weighted by Crippen LogP contribution is 2.28. The molecule has 0 fully saturated rings. The van der Waals surface area contributed by atoms with E-state index >= 15 is 0 Å². The van der Waals surface area contributed by atoms with Gasteiger partial charge in [-0.05, 0) is 48.5 Å². The molecule has 8 heteroatoms. The van der Waals surface area contributed by atoms with E-state index in [1.54, 1.807) is 12.4 Å². The number of carbonyl (C=O) groups excluding carboxylic acids is 1. The van der Waals surface area contributed by atoms with E-state index in [-0.39, 0.29) is 11.7 Å². The highest BCUT2D eigenvalue weighted by Gasteiger charge is 2.17. The third kappa shape index (κ3) is 4.64. The summed E-state index contributed by atoms with van der Waals surface area (Å²) in [6.45, 7) is 0. The number of thioether (sulfide) groups is 1. The summed E-state index contributed by atoms with van der Waals surface area (Å²) < 4.78 is 1.91. The van der Waals surface area contributed by atoms with Crippen molar-refractivity contribution in [3.63, 3.8) is 0 Å². The summed E-state index contributed by atoms with van der Waals surface area (Å²) in [6, 6.07) is 20.5. The van der Waals surface area contributed by atoms with Gasteiger partial charge in [0.15, 0.2) is 11.0 Å². The number of hydrogen-bond donors (Lipinski definition) is 1. The predicted molar refractivity (Wildman–Crippen MR) is 115 cm³/mol. The Bertz CT molecular complexity index is 1100. The average molecular weight is 422 g/mol. The van der Waals surface area contributed by atoms with E-state index in [0.717, 1.165) is 16.9 Å². The molecule has 4 rings (SSSR count). The van der Waals surface area contributed by atoms with Crippen LogP contribution in [0.15, 0.2) is 84.3 Å². The maximum absolute atomic E-state index is 12.3. The Labute approximate surface area is 177 Å². The summed E-state index contributed by atoms with van der Waals surface area (Å²) in [4.78, 5) is 16.4. The minimum Gasteiger partial charge on any atom is -0.325 e. The molecule has 0 spiro atoms. The van der Waals surface area contributed by atoms with Crippen LogP contribution in [-0.2, 0) is 4.79 Å². The molecule has 0 bridgehead atoms. The van der Waals surface area contributed by atoms with E-state index < -0.39 is 0 Å². The Morgan fingerprint density at radius 2 is 1.69 bits per heavy atom. The van der Waals surface area contributed by atoms with Gasteiger partial charge in [0.25, 0.3) is 0 Å². The number of halogens is 1. The van der Waals surface area contributed by atoms with Crippen LogP contribution in [0.1, 0.15) is 0 Å². The molecule has 29 heavy (non-hydrogen) atoms. The summed E-state index contributed by atoms with van der Waals surface area (Å²) in [5.41, 5.74) is 2.50. The van der Waals surface area contributed by atoms with E-state index in [2.05, 4.69) is 20.5 Å². The molecule has 0 radical (unpaired) electrons. The number of pyridine rings is 1. The number of rotatable bonds is 6. The van der Waals surface area contributed by atoms with Gasteiger partial charge in [0, 0.05) is 34.4 Å². The largest absolute Gasteiger partial charge is 0.325 e. The zero-order valence-electron chi connectivity index (χ0n) is 15.2. The lowest BCUT2D eigenvalue weighted by molar-refractivity contribution is -0.113. The highest BCUT2D eigenvalue weighted by atomic mass is 35.5. The number of benzene rings is 2. The Morgan fingerprint density at radius 3 is 2.41 bits per heavy atom. The van der Waals surface area contributed by atoms with Gasteiger partial charge in [0.2, 0.25) is 5.91 Å². The first kappa shape index (κ1) is 19.2. The molecular weight excluding hydrogens is 406 g/mol. The lowest BCUT2D eigenvalue weighted by Crippen LogP contribution is -2.14. The van der Waals surface area contributed by atoms with Crippen molar-refractivity contribution in [2.24, 2.45) is 0 Å². The Kier molecular flexibility index (Phi) is 5.88. The molecule has 0 aliphatic rings. The first-order valence-electron chi connectivity index (χ1n) is 8.80. The van der Waals surface area contributed by atoms with Crippen LogP contribution < -0.4 is 5.32 Å². The minimum absolute atomic E-state index is 0.114. The summed E-state index contributed by atoms with van der Waals surface area (Å²) in [5, 5.41) is 12.8. The number of aromatic nitrogens is 4. The molecule has 0 saturated carbocycles. The van der Waals surface area contributed by atoms with Gasteiger partial charge in [-0.1, -0.05) is 41.6 Å². The number of carbonyl (C=O) groups is 1. The Morgan fingerprint density at radius 1 is 0.966 bits per heavy atom. The normalized spacial score (nSPS) is 10.7. The minimum atomic E-state index is -0.114. The fourth-order valence-electron chi connectivity index (χ4n) is 2.72. The molecule has 6 nitrogen and oxygen atoms in total. The summed E-state index contributed by atoms with van der Waals surface area (Å²) >= 11 is 7.36. The molecule has 0 saturated heterocycles. The van der Waals surface area contributed by atoms with E-state index in [0.29, 0.717) is 16.0 Å². The summed E-state index contributed by atoms with van der Waals surface area (Å²) in [6.07, 6.45) is 3.41. The molecule has 0 unspecified atom stereocenters. The zero-order valence-corrected chi connectivity index (χ0v) is 16.8. The van der Waals surface area contributed by atoms with E-state index in [9.17, 15) is 4.79 Å². The number of nitrogens with one attached hydrogen (secondary N) is 1.